The van der Waals surface area contributed by atoms with Crippen LogP contribution in [0.4, 0.5) is 0 Å². The maximum atomic E-state index is 12.6. The monoisotopic (exact) mass is 399 g/mol. The molecule has 0 saturated carbocycles. The molecular formula is C19H21N5O3S. The molecule has 3 aromatic heterocycles. The molecule has 0 radical (unpaired) electrons. The number of nitrogens with zero attached hydrogens (tertiary/aromatic N) is 4. The smallest absolute Gasteiger partial charge is 0.256 e. The summed E-state index contributed by atoms with van der Waals surface area (Å²) in [6.07, 6.45) is 2.29. The lowest BCUT2D eigenvalue weighted by Crippen LogP contribution is -2.30. The zero-order valence-electron chi connectivity index (χ0n) is 15.6. The Kier molecular flexibility index (Phi) is 5.36. The number of carbonyl (C=O) groups is 1. The molecule has 3 aromatic rings. The number of aryl methyl sites for hydroxylation is 1. The molecule has 28 heavy (non-hydrogen) atoms. The molecule has 1 N–H and O–H groups in total. The van der Waals surface area contributed by atoms with Crippen molar-refractivity contribution < 1.29 is 9.32 Å². The molecule has 0 bridgehead atoms. The summed E-state index contributed by atoms with van der Waals surface area (Å²) in [5.41, 5.74) is 0.860. The van der Waals surface area contributed by atoms with E-state index in [2.05, 4.69) is 31.8 Å². The van der Waals surface area contributed by atoms with E-state index in [0.29, 0.717) is 30.1 Å². The highest BCUT2D eigenvalue weighted by Crippen LogP contribution is 2.16. The number of amides is 1. The van der Waals surface area contributed by atoms with Crippen LogP contribution in [0.3, 0.4) is 0 Å². The number of hydrogen-bond acceptors (Lipinski definition) is 7. The lowest BCUT2D eigenvalue weighted by Gasteiger charge is -2.19. The Morgan fingerprint density at radius 2 is 2.29 bits per heavy atom. The molecule has 8 nitrogen and oxygen atoms in total. The second-order valence-corrected chi connectivity index (χ2v) is 7.81. The Balaban J connectivity index is 1.49. The third-order valence-electron chi connectivity index (χ3n) is 4.75. The minimum Gasteiger partial charge on any atom is -0.361 e. The number of carbonyl (C=O) groups excluding carboxylic acids is 1. The van der Waals surface area contributed by atoms with E-state index in [1.165, 1.54) is 17.1 Å². The first kappa shape index (κ1) is 18.6. The molecule has 0 saturated heterocycles. The molecule has 0 aromatic carbocycles. The molecule has 0 fully saturated rings. The summed E-state index contributed by atoms with van der Waals surface area (Å²) in [7, 11) is 0. The molecular weight excluding hydrogens is 378 g/mol. The number of nitrogens with one attached hydrogen (secondary N) is 1. The van der Waals surface area contributed by atoms with Crippen molar-refractivity contribution >= 4 is 17.2 Å². The zero-order valence-corrected chi connectivity index (χ0v) is 16.4. The van der Waals surface area contributed by atoms with Gasteiger partial charge >= 0.3 is 0 Å². The van der Waals surface area contributed by atoms with Crippen molar-refractivity contribution in [3.8, 4) is 0 Å². The molecule has 9 heteroatoms. The topological polar surface area (TPSA) is 93.3 Å². The van der Waals surface area contributed by atoms with Crippen LogP contribution >= 0.6 is 11.3 Å². The molecule has 146 valence electrons. The Hall–Kier alpha value is -2.78. The van der Waals surface area contributed by atoms with E-state index < -0.39 is 0 Å². The van der Waals surface area contributed by atoms with Crippen LogP contribution in [0.5, 0.6) is 0 Å². The highest BCUT2D eigenvalue weighted by molar-refractivity contribution is 7.09. The summed E-state index contributed by atoms with van der Waals surface area (Å²) in [6, 6.07) is 5.67. The van der Waals surface area contributed by atoms with E-state index >= 15 is 0 Å². The van der Waals surface area contributed by atoms with E-state index in [0.717, 1.165) is 25.3 Å². The first-order valence-corrected chi connectivity index (χ1v) is 10.0. The average molecular weight is 399 g/mol. The van der Waals surface area contributed by atoms with Crippen LogP contribution in [0.2, 0.25) is 0 Å². The maximum absolute atomic E-state index is 12.6. The van der Waals surface area contributed by atoms with Gasteiger partial charge in [-0.15, -0.1) is 11.3 Å². The van der Waals surface area contributed by atoms with Crippen molar-refractivity contribution in [1.29, 1.82) is 0 Å². The highest BCUT2D eigenvalue weighted by atomic mass is 32.1. The predicted molar refractivity (Wildman–Crippen MR) is 104 cm³/mol. The van der Waals surface area contributed by atoms with Crippen molar-refractivity contribution in [2.24, 2.45) is 0 Å². The van der Waals surface area contributed by atoms with Gasteiger partial charge in [0.1, 0.15) is 17.1 Å². The lowest BCUT2D eigenvalue weighted by molar-refractivity contribution is 0.0948. The summed E-state index contributed by atoms with van der Waals surface area (Å²) >= 11 is 1.73. The van der Waals surface area contributed by atoms with Crippen molar-refractivity contribution in [1.82, 2.24) is 24.9 Å². The van der Waals surface area contributed by atoms with Gasteiger partial charge in [-0.1, -0.05) is 11.2 Å². The van der Waals surface area contributed by atoms with Gasteiger partial charge in [0.15, 0.2) is 0 Å². The minimum atomic E-state index is -0.296. The molecule has 0 unspecified atom stereocenters. The van der Waals surface area contributed by atoms with Crippen LogP contribution in [0, 0.1) is 6.92 Å². The molecule has 4 rings (SSSR count). The first-order chi connectivity index (χ1) is 13.6. The Morgan fingerprint density at radius 3 is 3.04 bits per heavy atom. The SMILES string of the molecule is Cc1oncc1C(=O)NCc1cc(=O)n2c(n1)CN(Cc1cccs1)CCC2. The van der Waals surface area contributed by atoms with Gasteiger partial charge in [-0.05, 0) is 24.8 Å². The van der Waals surface area contributed by atoms with Crippen molar-refractivity contribution in [2.45, 2.75) is 39.5 Å². The predicted octanol–water partition coefficient (Wildman–Crippen LogP) is 1.94. The van der Waals surface area contributed by atoms with Gasteiger partial charge < -0.3 is 9.84 Å². The van der Waals surface area contributed by atoms with Crippen LogP contribution < -0.4 is 10.9 Å². The normalized spacial score (nSPS) is 14.5. The highest BCUT2D eigenvalue weighted by Gasteiger charge is 2.19. The number of hydrogen-bond donors (Lipinski definition) is 1. The number of aromatic nitrogens is 3. The summed E-state index contributed by atoms with van der Waals surface area (Å²) in [5, 5.41) is 8.46. The standard InChI is InChI=1S/C19H21N5O3S/c1-13-16(10-21-27-13)19(26)20-9-14-8-18(25)24-6-3-5-23(12-17(24)22-14)11-15-4-2-7-28-15/h2,4,7-8,10H,3,5-6,9,11-12H2,1H3,(H,20,26). The quantitative estimate of drug-likeness (QED) is 0.705. The summed E-state index contributed by atoms with van der Waals surface area (Å²) in [6.45, 7) is 4.89. The van der Waals surface area contributed by atoms with Crippen molar-refractivity contribution in [2.75, 3.05) is 6.54 Å². The van der Waals surface area contributed by atoms with Gasteiger partial charge in [0.05, 0.1) is 25.0 Å². The van der Waals surface area contributed by atoms with Gasteiger partial charge in [0.25, 0.3) is 11.5 Å². The van der Waals surface area contributed by atoms with Gasteiger partial charge in [-0.3, -0.25) is 19.1 Å². The largest absolute Gasteiger partial charge is 0.361 e. The van der Waals surface area contributed by atoms with E-state index in [4.69, 9.17) is 4.52 Å². The number of rotatable bonds is 5. The molecule has 1 aliphatic heterocycles. The Bertz CT molecular complexity index is 1020. The Labute approximate surface area is 165 Å². The van der Waals surface area contributed by atoms with Crippen LogP contribution in [-0.4, -0.2) is 32.1 Å². The van der Waals surface area contributed by atoms with Crippen LogP contribution in [0.1, 0.15) is 38.9 Å². The molecule has 0 atom stereocenters. The summed E-state index contributed by atoms with van der Waals surface area (Å²) < 4.78 is 6.66. The van der Waals surface area contributed by atoms with E-state index in [1.807, 2.05) is 6.07 Å². The maximum Gasteiger partial charge on any atom is 0.256 e. The summed E-state index contributed by atoms with van der Waals surface area (Å²) in [4.78, 5) is 33.0. The fraction of sp³-hybridized carbons (Fsp3) is 0.368. The van der Waals surface area contributed by atoms with Gasteiger partial charge in [0, 0.05) is 30.6 Å². The fourth-order valence-electron chi connectivity index (χ4n) is 3.33. The third-order valence-corrected chi connectivity index (χ3v) is 5.61. The van der Waals surface area contributed by atoms with E-state index in [9.17, 15) is 9.59 Å². The first-order valence-electron chi connectivity index (χ1n) is 9.14. The number of fused-ring (bicyclic) bond motifs is 1. The van der Waals surface area contributed by atoms with Crippen LogP contribution in [-0.2, 0) is 26.2 Å². The lowest BCUT2D eigenvalue weighted by atomic mass is 10.2. The van der Waals surface area contributed by atoms with Crippen molar-refractivity contribution in [3.63, 3.8) is 0 Å². The van der Waals surface area contributed by atoms with Crippen molar-refractivity contribution in [3.05, 3.63) is 67.8 Å². The second kappa shape index (κ2) is 8.07. The summed E-state index contributed by atoms with van der Waals surface area (Å²) in [5.74, 6) is 0.901. The van der Waals surface area contributed by atoms with E-state index in [-0.39, 0.29) is 18.0 Å². The average Bonchev–Trinajstić information content (AvgIpc) is 3.28. The van der Waals surface area contributed by atoms with Gasteiger partial charge in [-0.25, -0.2) is 4.98 Å². The second-order valence-electron chi connectivity index (χ2n) is 6.78. The zero-order chi connectivity index (χ0) is 19.5. The number of thiophene rings is 1. The van der Waals surface area contributed by atoms with Gasteiger partial charge in [0.2, 0.25) is 0 Å². The molecule has 1 amide bonds. The Morgan fingerprint density at radius 1 is 1.39 bits per heavy atom. The van der Waals surface area contributed by atoms with E-state index in [1.54, 1.807) is 22.8 Å². The van der Waals surface area contributed by atoms with Crippen LogP contribution in [0.25, 0.3) is 0 Å². The third kappa shape index (κ3) is 4.05. The molecule has 1 aliphatic rings. The molecule has 0 aliphatic carbocycles. The van der Waals surface area contributed by atoms with Crippen LogP contribution in [0.15, 0.2) is 39.1 Å². The van der Waals surface area contributed by atoms with Gasteiger partial charge in [-0.2, -0.15) is 0 Å². The molecule has 4 heterocycles. The molecule has 0 spiro atoms. The fourth-order valence-corrected chi connectivity index (χ4v) is 4.07. The minimum absolute atomic E-state index is 0.0756.